The molecule has 0 bridgehead atoms. The summed E-state index contributed by atoms with van der Waals surface area (Å²) < 4.78 is 19.5. The van der Waals surface area contributed by atoms with E-state index >= 15 is 0 Å². The SMILES string of the molecule is COc1cc(F)cc(-c2nccc3[nH]c(-c4n[nH]c5ccc(-c6cncc(NC(O)C7CCCC7)c6)cc45)nc23)c1. The van der Waals surface area contributed by atoms with Crippen LogP contribution in [0.3, 0.4) is 0 Å². The second-order valence-electron chi connectivity index (χ2n) is 10.4. The molecule has 1 aliphatic rings. The van der Waals surface area contributed by atoms with Crippen molar-refractivity contribution in [3.63, 3.8) is 0 Å². The number of hydrogen-bond donors (Lipinski definition) is 4. The molecule has 4 heterocycles. The molecule has 6 aromatic rings. The number of ether oxygens (including phenoxy) is 1. The number of anilines is 1. The fourth-order valence-corrected chi connectivity index (χ4v) is 5.69. The first-order valence-electron chi connectivity index (χ1n) is 13.6. The first-order chi connectivity index (χ1) is 20.1. The quantitative estimate of drug-likeness (QED) is 0.172. The van der Waals surface area contributed by atoms with Gasteiger partial charge in [-0.2, -0.15) is 5.10 Å². The smallest absolute Gasteiger partial charge is 0.159 e. The minimum absolute atomic E-state index is 0.269. The van der Waals surface area contributed by atoms with Crippen LogP contribution in [-0.2, 0) is 0 Å². The van der Waals surface area contributed by atoms with Crippen molar-refractivity contribution in [2.45, 2.75) is 31.9 Å². The third-order valence-corrected chi connectivity index (χ3v) is 7.80. The van der Waals surface area contributed by atoms with Gasteiger partial charge in [0.1, 0.15) is 29.0 Å². The van der Waals surface area contributed by atoms with Gasteiger partial charge in [-0.05, 0) is 54.8 Å². The van der Waals surface area contributed by atoms with E-state index in [1.165, 1.54) is 19.2 Å². The Bertz CT molecular complexity index is 1880. The van der Waals surface area contributed by atoms with E-state index < -0.39 is 12.0 Å². The highest BCUT2D eigenvalue weighted by Gasteiger charge is 2.23. The van der Waals surface area contributed by atoms with Crippen LogP contribution in [0.5, 0.6) is 5.75 Å². The lowest BCUT2D eigenvalue weighted by molar-refractivity contribution is 0.137. The van der Waals surface area contributed by atoms with Crippen LogP contribution in [0.15, 0.2) is 67.1 Å². The Balaban J connectivity index is 1.24. The van der Waals surface area contributed by atoms with Gasteiger partial charge in [-0.15, -0.1) is 0 Å². The minimum Gasteiger partial charge on any atom is -0.497 e. The molecule has 9 nitrogen and oxygen atoms in total. The highest BCUT2D eigenvalue weighted by Crippen LogP contribution is 2.34. The maximum absolute atomic E-state index is 14.3. The normalized spacial score (nSPS) is 14.6. The van der Waals surface area contributed by atoms with Crippen molar-refractivity contribution in [2.75, 3.05) is 12.4 Å². The maximum Gasteiger partial charge on any atom is 0.159 e. The number of fused-ring (bicyclic) bond motifs is 2. The Morgan fingerprint density at radius 2 is 1.85 bits per heavy atom. The van der Waals surface area contributed by atoms with E-state index in [-0.39, 0.29) is 5.92 Å². The molecule has 0 aliphatic heterocycles. The van der Waals surface area contributed by atoms with Gasteiger partial charge < -0.3 is 20.1 Å². The largest absolute Gasteiger partial charge is 0.497 e. The summed E-state index contributed by atoms with van der Waals surface area (Å²) in [6.07, 6.45) is 9.02. The zero-order valence-electron chi connectivity index (χ0n) is 22.4. The van der Waals surface area contributed by atoms with Crippen LogP contribution in [0.25, 0.3) is 55.8 Å². The number of H-pyrrole nitrogens is 2. The summed E-state index contributed by atoms with van der Waals surface area (Å²) in [4.78, 5) is 17.1. The number of nitrogens with one attached hydrogen (secondary N) is 3. The molecule has 0 saturated heterocycles. The number of rotatable bonds is 7. The van der Waals surface area contributed by atoms with Crippen LogP contribution >= 0.6 is 0 Å². The highest BCUT2D eigenvalue weighted by atomic mass is 19.1. The van der Waals surface area contributed by atoms with Crippen molar-refractivity contribution in [1.29, 1.82) is 0 Å². The number of halogens is 1. The third-order valence-electron chi connectivity index (χ3n) is 7.80. The minimum atomic E-state index is -0.585. The molecular formula is C31H28FN7O2. The molecule has 0 amide bonds. The first-order valence-corrected chi connectivity index (χ1v) is 13.6. The summed E-state index contributed by atoms with van der Waals surface area (Å²) >= 11 is 0. The Morgan fingerprint density at radius 3 is 2.71 bits per heavy atom. The highest BCUT2D eigenvalue weighted by molar-refractivity contribution is 5.97. The summed E-state index contributed by atoms with van der Waals surface area (Å²) in [5.41, 5.74) is 6.63. The number of aliphatic hydroxyl groups excluding tert-OH is 1. The van der Waals surface area contributed by atoms with Crippen molar-refractivity contribution in [1.82, 2.24) is 30.1 Å². The zero-order valence-corrected chi connectivity index (χ0v) is 22.4. The number of aliphatic hydroxyl groups is 1. The maximum atomic E-state index is 14.3. The van der Waals surface area contributed by atoms with E-state index in [0.717, 1.165) is 58.9 Å². The van der Waals surface area contributed by atoms with Gasteiger partial charge >= 0.3 is 0 Å². The Morgan fingerprint density at radius 1 is 0.976 bits per heavy atom. The molecule has 1 aliphatic carbocycles. The van der Waals surface area contributed by atoms with E-state index in [0.29, 0.717) is 34.0 Å². The second-order valence-corrected chi connectivity index (χ2v) is 10.4. The van der Waals surface area contributed by atoms with Crippen LogP contribution in [-0.4, -0.2) is 48.6 Å². The van der Waals surface area contributed by atoms with Gasteiger partial charge in [-0.25, -0.2) is 9.37 Å². The van der Waals surface area contributed by atoms with Crippen LogP contribution in [0.1, 0.15) is 25.7 Å². The Kier molecular flexibility index (Phi) is 6.31. The molecule has 206 valence electrons. The molecule has 1 fully saturated rings. The van der Waals surface area contributed by atoms with Gasteiger partial charge in [0.15, 0.2) is 5.82 Å². The van der Waals surface area contributed by atoms with Crippen LogP contribution in [0.2, 0.25) is 0 Å². The first kappa shape index (κ1) is 25.2. The lowest BCUT2D eigenvalue weighted by Gasteiger charge is -2.20. The lowest BCUT2D eigenvalue weighted by Crippen LogP contribution is -2.26. The van der Waals surface area contributed by atoms with Gasteiger partial charge in [-0.3, -0.25) is 15.1 Å². The summed E-state index contributed by atoms with van der Waals surface area (Å²) in [5, 5.41) is 22.4. The van der Waals surface area contributed by atoms with Gasteiger partial charge in [0.25, 0.3) is 0 Å². The predicted octanol–water partition coefficient (Wildman–Crippen LogP) is 6.30. The second kappa shape index (κ2) is 10.3. The molecule has 1 saturated carbocycles. The van der Waals surface area contributed by atoms with Crippen molar-refractivity contribution in [3.8, 4) is 39.7 Å². The molecule has 0 radical (unpaired) electrons. The van der Waals surface area contributed by atoms with E-state index in [1.54, 1.807) is 24.7 Å². The number of pyridine rings is 2. The average molecular weight is 550 g/mol. The summed E-state index contributed by atoms with van der Waals surface area (Å²) in [7, 11) is 1.50. The molecule has 41 heavy (non-hydrogen) atoms. The Hall–Kier alpha value is -4.83. The van der Waals surface area contributed by atoms with Crippen molar-refractivity contribution in [2.24, 2.45) is 5.92 Å². The third kappa shape index (κ3) is 4.76. The fraction of sp³-hybridized carbons (Fsp3) is 0.226. The number of methoxy groups -OCH3 is 1. The summed E-state index contributed by atoms with van der Waals surface area (Å²) in [6.45, 7) is 0. The number of benzene rings is 2. The molecule has 4 N–H and O–H groups in total. The molecule has 7 rings (SSSR count). The standard InChI is InChI=1S/C31H28FN7O2/c1-41-23-12-19(10-21(32)14-23)27-29-26(8-9-34-27)36-30(37-29)28-24-13-18(6-7-25(24)38-39-28)20-11-22(16-33-15-20)35-31(40)17-4-2-3-5-17/h6-17,31,35,40H,2-5H2,1H3,(H,36,37)(H,38,39). The molecule has 10 heteroatoms. The van der Waals surface area contributed by atoms with Gasteiger partial charge in [0.05, 0.1) is 35.7 Å². The van der Waals surface area contributed by atoms with E-state index in [9.17, 15) is 9.50 Å². The van der Waals surface area contributed by atoms with Crippen LogP contribution in [0.4, 0.5) is 10.1 Å². The van der Waals surface area contributed by atoms with E-state index in [2.05, 4.69) is 30.5 Å². The average Bonchev–Trinajstić information content (AvgIpc) is 3.76. The van der Waals surface area contributed by atoms with Crippen molar-refractivity contribution >= 4 is 27.6 Å². The van der Waals surface area contributed by atoms with E-state index in [4.69, 9.17) is 9.72 Å². The van der Waals surface area contributed by atoms with Gasteiger partial charge in [0, 0.05) is 40.9 Å². The zero-order chi connectivity index (χ0) is 27.9. The van der Waals surface area contributed by atoms with Crippen molar-refractivity contribution in [3.05, 3.63) is 72.9 Å². The molecule has 1 atom stereocenters. The number of hydrogen-bond acceptors (Lipinski definition) is 7. The topological polar surface area (TPSA) is 125 Å². The summed E-state index contributed by atoms with van der Waals surface area (Å²) in [6, 6.07) is 14.3. The lowest BCUT2D eigenvalue weighted by atomic mass is 10.0. The number of nitrogens with zero attached hydrogens (tertiary/aromatic N) is 4. The molecule has 1 unspecified atom stereocenters. The number of imidazole rings is 1. The predicted molar refractivity (Wildman–Crippen MR) is 156 cm³/mol. The number of aromatic nitrogens is 6. The molecule has 2 aromatic carbocycles. The summed E-state index contributed by atoms with van der Waals surface area (Å²) in [5.74, 6) is 0.823. The van der Waals surface area contributed by atoms with Crippen LogP contribution < -0.4 is 10.1 Å². The fourth-order valence-electron chi connectivity index (χ4n) is 5.69. The van der Waals surface area contributed by atoms with E-state index in [1.807, 2.05) is 30.3 Å². The van der Waals surface area contributed by atoms with Crippen LogP contribution in [0, 0.1) is 11.7 Å². The van der Waals surface area contributed by atoms with Gasteiger partial charge in [-0.1, -0.05) is 18.9 Å². The number of aromatic amines is 2. The van der Waals surface area contributed by atoms with Crippen molar-refractivity contribution < 1.29 is 14.2 Å². The van der Waals surface area contributed by atoms with Gasteiger partial charge in [0.2, 0.25) is 0 Å². The monoisotopic (exact) mass is 549 g/mol. The molecule has 4 aromatic heterocycles. The molecule has 0 spiro atoms. The Labute approximate surface area is 234 Å². The molecular weight excluding hydrogens is 521 g/mol.